The lowest BCUT2D eigenvalue weighted by Gasteiger charge is -2.06. The van der Waals surface area contributed by atoms with Crippen LogP contribution in [0.15, 0.2) is 44.7 Å². The molecule has 2 aromatic rings. The Kier molecular flexibility index (Phi) is 3.83. The normalized spacial score (nSPS) is 10.3. The van der Waals surface area contributed by atoms with Crippen molar-refractivity contribution >= 4 is 48.9 Å². The van der Waals surface area contributed by atoms with E-state index >= 15 is 0 Å². The first-order valence-corrected chi connectivity index (χ1v) is 6.93. The van der Waals surface area contributed by atoms with Gasteiger partial charge in [0, 0.05) is 31.4 Å². The van der Waals surface area contributed by atoms with Gasteiger partial charge in [-0.1, -0.05) is 12.1 Å². The Hall–Kier alpha value is -0.320. The molecule has 0 aliphatic heterocycles. The van der Waals surface area contributed by atoms with Gasteiger partial charge in [0.1, 0.15) is 0 Å². The second-order valence-corrected chi connectivity index (χ2v) is 5.83. The number of anilines is 1. The molecule has 0 fully saturated rings. The molecule has 1 heterocycles. The molecule has 0 atom stereocenters. The van der Waals surface area contributed by atoms with Gasteiger partial charge in [0.25, 0.3) is 0 Å². The molecule has 15 heavy (non-hydrogen) atoms. The fourth-order valence-corrected chi connectivity index (χ4v) is 3.05. The Labute approximate surface area is 110 Å². The molecule has 78 valence electrons. The largest absolute Gasteiger partial charge is 0.379 e. The van der Waals surface area contributed by atoms with E-state index in [2.05, 4.69) is 54.7 Å². The van der Waals surface area contributed by atoms with E-state index in [0.717, 1.165) is 21.2 Å². The van der Waals surface area contributed by atoms with E-state index in [-0.39, 0.29) is 0 Å². The Balaban J connectivity index is 2.02. The third-order valence-electron chi connectivity index (χ3n) is 1.95. The minimum Gasteiger partial charge on any atom is -0.379 e. The molecular weight excluding hydrogens is 338 g/mol. The lowest BCUT2D eigenvalue weighted by molar-refractivity contribution is 1.19. The number of benzene rings is 1. The van der Waals surface area contributed by atoms with Crippen LogP contribution >= 0.6 is 43.2 Å². The fourth-order valence-electron chi connectivity index (χ4n) is 1.23. The van der Waals surface area contributed by atoms with Gasteiger partial charge < -0.3 is 5.32 Å². The second-order valence-electron chi connectivity index (χ2n) is 3.06. The van der Waals surface area contributed by atoms with Crippen LogP contribution in [0, 0.1) is 0 Å². The zero-order valence-electron chi connectivity index (χ0n) is 7.84. The summed E-state index contributed by atoms with van der Waals surface area (Å²) in [7, 11) is 0. The summed E-state index contributed by atoms with van der Waals surface area (Å²) in [4.78, 5) is 1.32. The Bertz CT molecular complexity index is 453. The third kappa shape index (κ3) is 3.06. The van der Waals surface area contributed by atoms with Gasteiger partial charge in [0.05, 0.1) is 0 Å². The van der Waals surface area contributed by atoms with Crippen molar-refractivity contribution in [2.24, 2.45) is 0 Å². The van der Waals surface area contributed by atoms with Crippen LogP contribution in [0.25, 0.3) is 0 Å². The van der Waals surface area contributed by atoms with Gasteiger partial charge in [0.15, 0.2) is 0 Å². The van der Waals surface area contributed by atoms with Crippen molar-refractivity contribution in [2.75, 3.05) is 5.32 Å². The molecule has 2 rings (SSSR count). The summed E-state index contributed by atoms with van der Waals surface area (Å²) >= 11 is 8.70. The molecular formula is C11H9Br2NS. The molecule has 0 unspecified atom stereocenters. The molecule has 0 aliphatic rings. The molecule has 0 spiro atoms. The summed E-state index contributed by atoms with van der Waals surface area (Å²) in [5, 5.41) is 5.48. The first kappa shape index (κ1) is 11.2. The Morgan fingerprint density at radius 2 is 2.00 bits per heavy atom. The number of hydrogen-bond donors (Lipinski definition) is 1. The van der Waals surface area contributed by atoms with Gasteiger partial charge in [-0.05, 0) is 50.1 Å². The lowest BCUT2D eigenvalue weighted by Crippen LogP contribution is -1.97. The summed E-state index contributed by atoms with van der Waals surface area (Å²) in [5.74, 6) is 0. The molecule has 0 bridgehead atoms. The molecule has 0 amide bonds. The molecule has 1 aromatic heterocycles. The minimum atomic E-state index is 0.860. The van der Waals surface area contributed by atoms with Crippen LogP contribution in [0.2, 0.25) is 0 Å². The standard InChI is InChI=1S/C11H9Br2NS/c12-8-5-9(15-7-8)6-14-11-4-2-1-3-10(11)13/h1-5,7,14H,6H2. The van der Waals surface area contributed by atoms with Crippen LogP contribution in [0.1, 0.15) is 4.88 Å². The summed E-state index contributed by atoms with van der Waals surface area (Å²) in [6, 6.07) is 10.3. The number of hydrogen-bond acceptors (Lipinski definition) is 2. The number of rotatable bonds is 3. The monoisotopic (exact) mass is 345 g/mol. The van der Waals surface area contributed by atoms with Crippen LogP contribution in [-0.2, 0) is 6.54 Å². The quantitative estimate of drug-likeness (QED) is 0.834. The third-order valence-corrected chi connectivity index (χ3v) is 4.34. The van der Waals surface area contributed by atoms with E-state index < -0.39 is 0 Å². The predicted octanol–water partition coefficient (Wildman–Crippen LogP) is 4.89. The minimum absolute atomic E-state index is 0.860. The van der Waals surface area contributed by atoms with E-state index in [1.165, 1.54) is 4.88 Å². The Morgan fingerprint density at radius 1 is 1.20 bits per heavy atom. The number of halogens is 2. The number of nitrogens with one attached hydrogen (secondary N) is 1. The summed E-state index contributed by atoms with van der Waals surface area (Å²) in [5.41, 5.74) is 1.13. The summed E-state index contributed by atoms with van der Waals surface area (Å²) in [6.45, 7) is 0.860. The van der Waals surface area contributed by atoms with Crippen molar-refractivity contribution < 1.29 is 0 Å². The zero-order valence-corrected chi connectivity index (χ0v) is 11.8. The molecule has 1 aromatic carbocycles. The van der Waals surface area contributed by atoms with Crippen molar-refractivity contribution in [3.63, 3.8) is 0 Å². The van der Waals surface area contributed by atoms with Gasteiger partial charge in [-0.2, -0.15) is 0 Å². The van der Waals surface area contributed by atoms with Crippen molar-refractivity contribution in [1.29, 1.82) is 0 Å². The van der Waals surface area contributed by atoms with E-state index in [1.54, 1.807) is 11.3 Å². The highest BCUT2D eigenvalue weighted by Gasteiger charge is 1.99. The maximum Gasteiger partial charge on any atom is 0.0494 e. The van der Waals surface area contributed by atoms with E-state index in [9.17, 15) is 0 Å². The molecule has 1 nitrogen and oxygen atoms in total. The highest BCUT2D eigenvalue weighted by molar-refractivity contribution is 9.10. The molecule has 0 aliphatic carbocycles. The first-order valence-electron chi connectivity index (χ1n) is 4.47. The summed E-state index contributed by atoms with van der Waals surface area (Å²) < 4.78 is 2.25. The molecule has 4 heteroatoms. The van der Waals surface area contributed by atoms with Crippen LogP contribution in [0.4, 0.5) is 5.69 Å². The van der Waals surface area contributed by atoms with Crippen LogP contribution in [0.3, 0.4) is 0 Å². The van der Waals surface area contributed by atoms with Gasteiger partial charge in [-0.15, -0.1) is 11.3 Å². The lowest BCUT2D eigenvalue weighted by atomic mass is 10.3. The van der Waals surface area contributed by atoms with E-state index in [0.29, 0.717) is 0 Å². The first-order chi connectivity index (χ1) is 7.25. The van der Waals surface area contributed by atoms with Crippen LogP contribution in [-0.4, -0.2) is 0 Å². The Morgan fingerprint density at radius 3 is 2.67 bits per heavy atom. The molecule has 1 N–H and O–H groups in total. The fraction of sp³-hybridized carbons (Fsp3) is 0.0909. The smallest absolute Gasteiger partial charge is 0.0494 e. The molecule has 0 saturated carbocycles. The average molecular weight is 347 g/mol. The number of para-hydroxylation sites is 1. The van der Waals surface area contributed by atoms with Gasteiger partial charge in [-0.3, -0.25) is 0 Å². The predicted molar refractivity (Wildman–Crippen MR) is 73.5 cm³/mol. The van der Waals surface area contributed by atoms with E-state index in [1.807, 2.05) is 18.2 Å². The van der Waals surface area contributed by atoms with Crippen LogP contribution < -0.4 is 5.32 Å². The van der Waals surface area contributed by atoms with Crippen molar-refractivity contribution in [3.8, 4) is 0 Å². The molecule has 0 radical (unpaired) electrons. The second kappa shape index (κ2) is 5.14. The molecule has 0 saturated heterocycles. The zero-order chi connectivity index (χ0) is 10.7. The topological polar surface area (TPSA) is 12.0 Å². The maximum atomic E-state index is 3.51. The highest BCUT2D eigenvalue weighted by Crippen LogP contribution is 2.24. The SMILES string of the molecule is Brc1csc(CNc2ccccc2Br)c1. The van der Waals surface area contributed by atoms with Crippen molar-refractivity contribution in [1.82, 2.24) is 0 Å². The van der Waals surface area contributed by atoms with Crippen LogP contribution in [0.5, 0.6) is 0 Å². The van der Waals surface area contributed by atoms with Crippen molar-refractivity contribution in [3.05, 3.63) is 49.5 Å². The van der Waals surface area contributed by atoms with E-state index in [4.69, 9.17) is 0 Å². The summed E-state index contributed by atoms with van der Waals surface area (Å²) in [6.07, 6.45) is 0. The maximum absolute atomic E-state index is 3.51. The average Bonchev–Trinajstić information content (AvgIpc) is 2.63. The number of thiophene rings is 1. The van der Waals surface area contributed by atoms with Gasteiger partial charge in [0.2, 0.25) is 0 Å². The van der Waals surface area contributed by atoms with Gasteiger partial charge in [-0.25, -0.2) is 0 Å². The van der Waals surface area contributed by atoms with Gasteiger partial charge >= 0.3 is 0 Å². The van der Waals surface area contributed by atoms with Crippen molar-refractivity contribution in [2.45, 2.75) is 6.54 Å². The highest BCUT2D eigenvalue weighted by atomic mass is 79.9.